The van der Waals surface area contributed by atoms with Crippen LogP contribution in [0.25, 0.3) is 5.69 Å². The summed E-state index contributed by atoms with van der Waals surface area (Å²) >= 11 is 6.04. The van der Waals surface area contributed by atoms with Gasteiger partial charge >= 0.3 is 0 Å². The molecule has 4 rings (SSSR count). The maximum absolute atomic E-state index is 13.1. The summed E-state index contributed by atoms with van der Waals surface area (Å²) in [7, 11) is 4.75. The van der Waals surface area contributed by atoms with E-state index < -0.39 is 0 Å². The number of benzene rings is 2. The zero-order valence-electron chi connectivity index (χ0n) is 17.4. The Morgan fingerprint density at radius 1 is 1.00 bits per heavy atom. The van der Waals surface area contributed by atoms with Crippen LogP contribution in [0.2, 0.25) is 5.02 Å². The van der Waals surface area contributed by atoms with Crippen molar-refractivity contribution in [1.82, 2.24) is 9.78 Å². The van der Waals surface area contributed by atoms with E-state index in [9.17, 15) is 4.79 Å². The lowest BCUT2D eigenvalue weighted by molar-refractivity contribution is 0.0963. The first-order valence-electron chi connectivity index (χ1n) is 9.64. The van der Waals surface area contributed by atoms with E-state index in [-0.39, 0.29) is 11.7 Å². The fraction of sp³-hybridized carbons (Fsp3) is 0.304. The van der Waals surface area contributed by atoms with E-state index >= 15 is 0 Å². The summed E-state index contributed by atoms with van der Waals surface area (Å²) in [6.45, 7) is 1.88. The van der Waals surface area contributed by atoms with E-state index in [4.69, 9.17) is 25.8 Å². The topological polar surface area (TPSA) is 62.6 Å². The Morgan fingerprint density at radius 3 is 2.20 bits per heavy atom. The third-order valence-electron chi connectivity index (χ3n) is 5.54. The number of carbonyl (C=O) groups is 1. The van der Waals surface area contributed by atoms with Gasteiger partial charge in [0.2, 0.25) is 5.75 Å². The second-order valence-electron chi connectivity index (χ2n) is 7.28. The van der Waals surface area contributed by atoms with Crippen molar-refractivity contribution in [2.75, 3.05) is 21.3 Å². The van der Waals surface area contributed by atoms with Gasteiger partial charge in [0.1, 0.15) is 0 Å². The molecule has 0 N–H and O–H groups in total. The predicted octanol–water partition coefficient (Wildman–Crippen LogP) is 4.77. The van der Waals surface area contributed by atoms with Crippen LogP contribution in [-0.2, 0) is 6.42 Å². The van der Waals surface area contributed by atoms with Gasteiger partial charge < -0.3 is 14.2 Å². The van der Waals surface area contributed by atoms with Crippen molar-refractivity contribution in [3.63, 3.8) is 0 Å². The van der Waals surface area contributed by atoms with Crippen LogP contribution in [0.15, 0.2) is 36.4 Å². The van der Waals surface area contributed by atoms with Gasteiger partial charge in [0.25, 0.3) is 0 Å². The molecule has 3 aromatic rings. The summed E-state index contributed by atoms with van der Waals surface area (Å²) in [6.07, 6.45) is 1.07. The lowest BCUT2D eigenvalue weighted by Gasteiger charge is -2.24. The van der Waals surface area contributed by atoms with Crippen LogP contribution >= 0.6 is 11.6 Å². The normalized spacial score (nSPS) is 15.6. The van der Waals surface area contributed by atoms with E-state index in [1.54, 1.807) is 21.3 Å². The molecule has 0 aliphatic heterocycles. The molecule has 1 aromatic heterocycles. The first-order valence-corrected chi connectivity index (χ1v) is 10.0. The summed E-state index contributed by atoms with van der Waals surface area (Å²) in [5, 5.41) is 5.30. The maximum atomic E-state index is 13.1. The van der Waals surface area contributed by atoms with Gasteiger partial charge in [0.05, 0.1) is 44.0 Å². The van der Waals surface area contributed by atoms with Crippen molar-refractivity contribution in [2.45, 2.75) is 25.7 Å². The molecule has 2 aromatic carbocycles. The molecule has 1 heterocycles. The van der Waals surface area contributed by atoms with Gasteiger partial charge in [-0.15, -0.1) is 0 Å². The van der Waals surface area contributed by atoms with Gasteiger partial charge in [-0.3, -0.25) is 4.79 Å². The molecule has 7 heteroatoms. The summed E-state index contributed by atoms with van der Waals surface area (Å²) < 4.78 is 18.3. The summed E-state index contributed by atoms with van der Waals surface area (Å²) in [5.74, 6) is 1.75. The Kier molecular flexibility index (Phi) is 5.43. The SMILES string of the molecule is COc1cc([C@@H]2CC(=O)c3c(C)nn(-c4ccc(Cl)cc4)c3C2)cc(OC)c1OC. The predicted molar refractivity (Wildman–Crippen MR) is 115 cm³/mol. The molecule has 30 heavy (non-hydrogen) atoms. The van der Waals surface area contributed by atoms with Crippen LogP contribution in [0.5, 0.6) is 17.2 Å². The molecule has 0 amide bonds. The second kappa shape index (κ2) is 8.03. The third kappa shape index (κ3) is 3.41. The summed E-state index contributed by atoms with van der Waals surface area (Å²) in [5.41, 5.74) is 4.21. The van der Waals surface area contributed by atoms with E-state index in [0.29, 0.717) is 40.7 Å². The smallest absolute Gasteiger partial charge is 0.203 e. The standard InChI is InChI=1S/C23H23ClN2O4/c1-13-22-18(26(25-13)17-7-5-16(24)6-8-17)9-14(10-19(22)27)15-11-20(28-2)23(30-4)21(12-15)29-3/h5-8,11-12,14H,9-10H2,1-4H3/t14-/m0/s1. The number of rotatable bonds is 5. The lowest BCUT2D eigenvalue weighted by Crippen LogP contribution is -2.20. The number of methoxy groups -OCH3 is 3. The number of ether oxygens (including phenoxy) is 3. The van der Waals surface area contributed by atoms with Crippen molar-refractivity contribution >= 4 is 17.4 Å². The van der Waals surface area contributed by atoms with Gasteiger partial charge in [0, 0.05) is 11.4 Å². The van der Waals surface area contributed by atoms with Crippen molar-refractivity contribution in [3.05, 3.63) is 63.9 Å². The minimum absolute atomic E-state index is 0.0270. The zero-order valence-corrected chi connectivity index (χ0v) is 18.1. The van der Waals surface area contributed by atoms with Crippen LogP contribution < -0.4 is 14.2 Å². The average molecular weight is 427 g/mol. The number of halogens is 1. The van der Waals surface area contributed by atoms with Gasteiger partial charge in [0.15, 0.2) is 17.3 Å². The van der Waals surface area contributed by atoms with Crippen molar-refractivity contribution in [2.24, 2.45) is 0 Å². The highest BCUT2D eigenvalue weighted by Gasteiger charge is 2.33. The zero-order chi connectivity index (χ0) is 21.4. The van der Waals surface area contributed by atoms with E-state index in [1.807, 2.05) is 48.0 Å². The lowest BCUT2D eigenvalue weighted by atomic mass is 9.81. The Balaban J connectivity index is 1.79. The van der Waals surface area contributed by atoms with Gasteiger partial charge in [-0.1, -0.05) is 11.6 Å². The maximum Gasteiger partial charge on any atom is 0.203 e. The number of Topliss-reactive ketones (excluding diaryl/α,β-unsaturated/α-hetero) is 1. The van der Waals surface area contributed by atoms with Gasteiger partial charge in [-0.2, -0.15) is 5.10 Å². The Hall–Kier alpha value is -2.99. The van der Waals surface area contributed by atoms with E-state index in [1.165, 1.54) is 0 Å². The number of fused-ring (bicyclic) bond motifs is 1. The molecule has 0 bridgehead atoms. The Labute approximate surface area is 180 Å². The molecule has 6 nitrogen and oxygen atoms in total. The molecule has 0 unspecified atom stereocenters. The van der Waals surface area contributed by atoms with Crippen molar-refractivity contribution in [1.29, 1.82) is 0 Å². The molecule has 0 saturated carbocycles. The molecule has 0 spiro atoms. The largest absolute Gasteiger partial charge is 0.493 e. The van der Waals surface area contributed by atoms with Crippen LogP contribution in [0.1, 0.15) is 39.6 Å². The average Bonchev–Trinajstić information content (AvgIpc) is 3.09. The van der Waals surface area contributed by atoms with E-state index in [0.717, 1.165) is 22.6 Å². The minimum Gasteiger partial charge on any atom is -0.493 e. The first kappa shape index (κ1) is 20.3. The second-order valence-corrected chi connectivity index (χ2v) is 7.72. The molecule has 1 aliphatic carbocycles. The van der Waals surface area contributed by atoms with Crippen LogP contribution in [0, 0.1) is 6.92 Å². The van der Waals surface area contributed by atoms with Crippen molar-refractivity contribution in [3.8, 4) is 22.9 Å². The molecular weight excluding hydrogens is 404 g/mol. The molecular formula is C23H23ClN2O4. The molecule has 1 atom stereocenters. The number of aromatic nitrogens is 2. The molecule has 1 aliphatic rings. The molecule has 0 radical (unpaired) electrons. The van der Waals surface area contributed by atoms with Gasteiger partial charge in [-0.05, 0) is 61.2 Å². The van der Waals surface area contributed by atoms with Crippen LogP contribution in [0.3, 0.4) is 0 Å². The fourth-order valence-electron chi connectivity index (χ4n) is 4.13. The van der Waals surface area contributed by atoms with Crippen molar-refractivity contribution < 1.29 is 19.0 Å². The highest BCUT2D eigenvalue weighted by atomic mass is 35.5. The first-order chi connectivity index (χ1) is 14.5. The number of nitrogens with zero attached hydrogens (tertiary/aromatic N) is 2. The highest BCUT2D eigenvalue weighted by molar-refractivity contribution is 6.30. The Morgan fingerprint density at radius 2 is 1.63 bits per heavy atom. The number of ketones is 1. The quantitative estimate of drug-likeness (QED) is 0.588. The summed E-state index contributed by atoms with van der Waals surface area (Å²) in [6, 6.07) is 11.3. The summed E-state index contributed by atoms with van der Waals surface area (Å²) in [4.78, 5) is 13.1. The third-order valence-corrected chi connectivity index (χ3v) is 5.79. The number of hydrogen-bond donors (Lipinski definition) is 0. The molecule has 0 fully saturated rings. The monoisotopic (exact) mass is 426 g/mol. The highest BCUT2D eigenvalue weighted by Crippen LogP contribution is 2.43. The Bertz CT molecular complexity index is 1080. The molecule has 156 valence electrons. The molecule has 0 saturated heterocycles. The fourth-order valence-corrected chi connectivity index (χ4v) is 4.25. The number of aryl methyl sites for hydroxylation is 1. The minimum atomic E-state index is -0.0270. The van der Waals surface area contributed by atoms with Gasteiger partial charge in [-0.25, -0.2) is 4.68 Å². The van der Waals surface area contributed by atoms with Crippen LogP contribution in [0.4, 0.5) is 0 Å². The van der Waals surface area contributed by atoms with Crippen LogP contribution in [-0.4, -0.2) is 36.9 Å². The van der Waals surface area contributed by atoms with E-state index in [2.05, 4.69) is 5.10 Å². The number of carbonyl (C=O) groups excluding carboxylic acids is 1. The number of hydrogen-bond acceptors (Lipinski definition) is 5.